The van der Waals surface area contributed by atoms with Gasteiger partial charge in [0.25, 0.3) is 0 Å². The fraction of sp³-hybridized carbons (Fsp3) is 0.465. The molecule has 286 valence electrons. The molecular weight excluding hydrogens is 704 g/mol. The van der Waals surface area contributed by atoms with Crippen LogP contribution >= 0.6 is 11.6 Å². The van der Waals surface area contributed by atoms with Crippen molar-refractivity contribution in [2.75, 3.05) is 39.4 Å². The first-order valence-electron chi connectivity index (χ1n) is 19.0. The lowest BCUT2D eigenvalue weighted by Gasteiger charge is -2.40. The summed E-state index contributed by atoms with van der Waals surface area (Å²) in [5, 5.41) is 29.6. The number of piperidine rings is 1. The van der Waals surface area contributed by atoms with Gasteiger partial charge >= 0.3 is 5.97 Å². The molecule has 3 aromatic rings. The number of aliphatic hydroxyl groups is 1. The first-order chi connectivity index (χ1) is 26.1. The molecule has 11 heteroatoms. The van der Waals surface area contributed by atoms with E-state index >= 15 is 0 Å². The zero-order chi connectivity index (χ0) is 38.1. The molecule has 1 aromatic heterocycles. The van der Waals surface area contributed by atoms with Crippen molar-refractivity contribution in [2.24, 2.45) is 11.3 Å². The van der Waals surface area contributed by atoms with Gasteiger partial charge in [0, 0.05) is 54.6 Å². The molecule has 1 unspecified atom stereocenters. The Morgan fingerprint density at radius 2 is 1.85 bits per heavy atom. The summed E-state index contributed by atoms with van der Waals surface area (Å²) >= 11 is 6.97. The van der Waals surface area contributed by atoms with E-state index in [2.05, 4.69) is 54.1 Å². The first-order valence-corrected chi connectivity index (χ1v) is 19.4. The third-order valence-electron chi connectivity index (χ3n) is 10.9. The van der Waals surface area contributed by atoms with E-state index < -0.39 is 12.0 Å². The average Bonchev–Trinajstić information content (AvgIpc) is 3.59. The molecule has 0 radical (unpaired) electrons. The summed E-state index contributed by atoms with van der Waals surface area (Å²) in [7, 11) is 0. The van der Waals surface area contributed by atoms with Crippen LogP contribution in [0.5, 0.6) is 11.5 Å². The maximum atomic E-state index is 12.1. The van der Waals surface area contributed by atoms with E-state index in [9.17, 15) is 20.3 Å². The van der Waals surface area contributed by atoms with Gasteiger partial charge in [0.2, 0.25) is 0 Å². The predicted octanol–water partition coefficient (Wildman–Crippen LogP) is 7.49. The number of unbranched alkanes of at least 4 members (excludes halogenated alkanes) is 1. The van der Waals surface area contributed by atoms with Crippen LogP contribution in [0.2, 0.25) is 5.02 Å². The van der Waals surface area contributed by atoms with Crippen molar-refractivity contribution in [2.45, 2.75) is 77.7 Å². The molecule has 0 saturated carbocycles. The highest BCUT2D eigenvalue weighted by Gasteiger charge is 2.40. The normalized spacial score (nSPS) is 21.5. The number of aliphatic hydroxyl groups excluding tert-OH is 1. The molecule has 3 aliphatic rings. The third kappa shape index (κ3) is 9.82. The Kier molecular flexibility index (Phi) is 13.3. The van der Waals surface area contributed by atoms with E-state index in [0.717, 1.165) is 74.2 Å². The molecular formula is C43H51ClN4O6. The van der Waals surface area contributed by atoms with Gasteiger partial charge in [0.1, 0.15) is 36.0 Å². The number of nitriles is 1. The Balaban J connectivity index is 1.22. The van der Waals surface area contributed by atoms with Crippen molar-refractivity contribution in [3.05, 3.63) is 106 Å². The lowest BCUT2D eigenvalue weighted by molar-refractivity contribution is -0.144. The number of carbonyl (C=O) groups is 1. The fourth-order valence-corrected chi connectivity index (χ4v) is 8.03. The van der Waals surface area contributed by atoms with Crippen molar-refractivity contribution in [1.82, 2.24) is 14.8 Å². The predicted molar refractivity (Wildman–Crippen MR) is 208 cm³/mol. The standard InChI is InChI=1S/C43H51ClN4O6/c1-43(2)35(32-10-4-3-5-11-32)13-14-39(52-19-9-8-16-47-18-15-34(49)27-47)36(43)29-54-41-22-40(53-28-31-20-30(23-45)24-46-25-31)33(21-37(41)44)26-48-17-7-6-12-38(48)42(50)51/h3-5,10-11,13-14,20-22,24-25,34,36,38,49H,6-9,12,15-19,26-29H2,1-2H3,(H,50,51)/t34-,36?,38+/m1/s1. The molecule has 1 aliphatic carbocycles. The highest BCUT2D eigenvalue weighted by molar-refractivity contribution is 6.32. The number of halogens is 1. The van der Waals surface area contributed by atoms with Gasteiger partial charge in [-0.3, -0.25) is 14.7 Å². The number of pyridine rings is 1. The number of allylic oxidation sites excluding steroid dienone is 3. The van der Waals surface area contributed by atoms with Crippen molar-refractivity contribution in [3.8, 4) is 17.6 Å². The van der Waals surface area contributed by atoms with Gasteiger partial charge in [-0.25, -0.2) is 0 Å². The Bertz CT molecular complexity index is 1860. The van der Waals surface area contributed by atoms with E-state index in [-0.39, 0.29) is 30.7 Å². The van der Waals surface area contributed by atoms with Crippen molar-refractivity contribution in [3.63, 3.8) is 0 Å². The van der Waals surface area contributed by atoms with Gasteiger partial charge in [0.05, 0.1) is 35.8 Å². The van der Waals surface area contributed by atoms with Crippen LogP contribution in [0.3, 0.4) is 0 Å². The minimum atomic E-state index is -0.834. The zero-order valence-corrected chi connectivity index (χ0v) is 32.0. The number of rotatable bonds is 16. The number of carboxylic acids is 1. The van der Waals surface area contributed by atoms with Crippen molar-refractivity contribution < 1.29 is 29.2 Å². The molecule has 0 spiro atoms. The first kappa shape index (κ1) is 39.3. The molecule has 2 aromatic carbocycles. The number of hydrogen-bond acceptors (Lipinski definition) is 9. The minimum Gasteiger partial charge on any atom is -0.497 e. The Hall–Kier alpha value is -4.40. The number of nitrogens with zero attached hydrogens (tertiary/aromatic N) is 4. The lowest BCUT2D eigenvalue weighted by Crippen LogP contribution is -2.44. The second-order valence-corrected chi connectivity index (χ2v) is 15.5. The van der Waals surface area contributed by atoms with E-state index in [1.54, 1.807) is 18.3 Å². The molecule has 10 nitrogen and oxygen atoms in total. The topological polar surface area (TPSA) is 128 Å². The van der Waals surface area contributed by atoms with Crippen molar-refractivity contribution in [1.29, 1.82) is 5.26 Å². The molecule has 0 amide bonds. The third-order valence-corrected chi connectivity index (χ3v) is 11.2. The van der Waals surface area contributed by atoms with Crippen molar-refractivity contribution >= 4 is 23.1 Å². The second kappa shape index (κ2) is 18.3. The molecule has 54 heavy (non-hydrogen) atoms. The smallest absolute Gasteiger partial charge is 0.320 e. The molecule has 2 aliphatic heterocycles. The van der Waals surface area contributed by atoms with E-state index in [4.69, 9.17) is 25.8 Å². The molecule has 2 fully saturated rings. The van der Waals surface area contributed by atoms with Crippen LogP contribution < -0.4 is 9.47 Å². The Labute approximate surface area is 323 Å². The minimum absolute atomic E-state index is 0.143. The number of ether oxygens (including phenoxy) is 3. The number of likely N-dealkylation sites (tertiary alicyclic amines) is 2. The van der Waals surface area contributed by atoms with Crippen LogP contribution in [0.25, 0.3) is 5.57 Å². The highest BCUT2D eigenvalue weighted by atomic mass is 35.5. The van der Waals surface area contributed by atoms with E-state index in [0.29, 0.717) is 48.2 Å². The molecule has 3 heterocycles. The summed E-state index contributed by atoms with van der Waals surface area (Å²) in [6, 6.07) is 17.2. The van der Waals surface area contributed by atoms with E-state index in [1.165, 1.54) is 11.8 Å². The van der Waals surface area contributed by atoms with Crippen LogP contribution in [-0.4, -0.2) is 82.5 Å². The van der Waals surface area contributed by atoms with Crippen LogP contribution in [-0.2, 0) is 22.7 Å². The maximum Gasteiger partial charge on any atom is 0.320 e. The highest BCUT2D eigenvalue weighted by Crippen LogP contribution is 2.48. The quantitative estimate of drug-likeness (QED) is 0.142. The van der Waals surface area contributed by atoms with Gasteiger partial charge in [0.15, 0.2) is 0 Å². The number of aliphatic carboxylic acids is 1. The maximum absolute atomic E-state index is 12.1. The van der Waals surface area contributed by atoms with Gasteiger partial charge in [-0.2, -0.15) is 5.26 Å². The molecule has 2 saturated heterocycles. The van der Waals surface area contributed by atoms with Gasteiger partial charge in [-0.1, -0.05) is 68.3 Å². The average molecular weight is 755 g/mol. The second-order valence-electron chi connectivity index (χ2n) is 15.1. The zero-order valence-electron chi connectivity index (χ0n) is 31.3. The molecule has 0 bridgehead atoms. The number of hydrogen-bond donors (Lipinski definition) is 2. The molecule has 6 rings (SSSR count). The summed E-state index contributed by atoms with van der Waals surface area (Å²) < 4.78 is 19.5. The monoisotopic (exact) mass is 754 g/mol. The van der Waals surface area contributed by atoms with Crippen LogP contribution in [0.1, 0.15) is 74.6 Å². The number of carboxylic acid groups (broad SMARTS) is 1. The van der Waals surface area contributed by atoms with Gasteiger partial charge in [-0.15, -0.1) is 0 Å². The number of benzene rings is 2. The van der Waals surface area contributed by atoms with Crippen LogP contribution in [0.15, 0.2) is 78.8 Å². The number of aromatic nitrogens is 1. The molecule has 3 atom stereocenters. The van der Waals surface area contributed by atoms with Crippen LogP contribution in [0.4, 0.5) is 0 Å². The summed E-state index contributed by atoms with van der Waals surface area (Å²) in [4.78, 5) is 20.6. The Morgan fingerprint density at radius 1 is 1.02 bits per heavy atom. The summed E-state index contributed by atoms with van der Waals surface area (Å²) in [6.45, 7) is 9.09. The van der Waals surface area contributed by atoms with E-state index in [1.807, 2.05) is 29.2 Å². The number of β-amino-alcohol motifs (C(OH)–C–C–N with tert-alkyl or cyclic N) is 1. The van der Waals surface area contributed by atoms with Gasteiger partial charge < -0.3 is 29.3 Å². The molecule has 2 N–H and O–H groups in total. The summed E-state index contributed by atoms with van der Waals surface area (Å²) in [5.41, 5.74) is 3.88. The Morgan fingerprint density at radius 3 is 2.61 bits per heavy atom. The van der Waals surface area contributed by atoms with Gasteiger partial charge in [-0.05, 0) is 74.5 Å². The lowest BCUT2D eigenvalue weighted by atomic mass is 9.67. The summed E-state index contributed by atoms with van der Waals surface area (Å²) in [5.74, 6) is 0.855. The van der Waals surface area contributed by atoms with Crippen LogP contribution in [0, 0.1) is 22.7 Å². The largest absolute Gasteiger partial charge is 0.497 e. The fourth-order valence-electron chi connectivity index (χ4n) is 7.79. The summed E-state index contributed by atoms with van der Waals surface area (Å²) in [6.07, 6.45) is 12.3. The SMILES string of the molecule is CC1(C)C(c2ccccc2)=CC=C(OCCCCN2CC[C@@H](O)C2)C1COc1cc(OCc2cncc(C#N)c2)c(CN2CCCC[C@H]2C(=O)O)cc1Cl.